The van der Waals surface area contributed by atoms with Crippen LogP contribution < -0.4 is 0 Å². The van der Waals surface area contributed by atoms with Crippen molar-refractivity contribution in [2.24, 2.45) is 0 Å². The molecule has 3 amide bonds. The van der Waals surface area contributed by atoms with E-state index in [9.17, 15) is 34.8 Å². The van der Waals surface area contributed by atoms with Crippen molar-refractivity contribution in [3.63, 3.8) is 0 Å². The van der Waals surface area contributed by atoms with Crippen LogP contribution in [0.25, 0.3) is 0 Å². The maximum Gasteiger partial charge on any atom is 0.407 e. The van der Waals surface area contributed by atoms with Gasteiger partial charge in [-0.05, 0) is 6.92 Å². The highest BCUT2D eigenvalue weighted by Crippen LogP contribution is 2.12. The molecule has 252 valence electrons. The van der Waals surface area contributed by atoms with Gasteiger partial charge in [0.15, 0.2) is 0 Å². The smallest absolute Gasteiger partial charge is 0.407 e. The fraction of sp³-hybridized carbons (Fsp3) is 0.885. The number of carbonyl (C=O) groups is 3. The Hall–Kier alpha value is -2.51. The summed E-state index contributed by atoms with van der Waals surface area (Å²) in [6.45, 7) is 4.11. The molecular formula is C26H50N4O13. The van der Waals surface area contributed by atoms with E-state index in [2.05, 4.69) is 0 Å². The number of carboxylic acid groups (broad SMARTS) is 3. The van der Waals surface area contributed by atoms with Gasteiger partial charge in [-0.15, -0.1) is 0 Å². The predicted molar refractivity (Wildman–Crippen MR) is 152 cm³/mol. The lowest BCUT2D eigenvalue weighted by molar-refractivity contribution is -0.0659. The Morgan fingerprint density at radius 2 is 1.12 bits per heavy atom. The summed E-state index contributed by atoms with van der Waals surface area (Å²) in [6, 6.07) is -1.40. The molecule has 3 unspecified atom stereocenters. The van der Waals surface area contributed by atoms with Crippen molar-refractivity contribution in [3.05, 3.63) is 0 Å². The molecule has 0 aromatic rings. The second-order valence-electron chi connectivity index (χ2n) is 9.85. The van der Waals surface area contributed by atoms with Gasteiger partial charge in [0.1, 0.15) is 0 Å². The summed E-state index contributed by atoms with van der Waals surface area (Å²) >= 11 is 0. The number of methoxy groups -OCH3 is 2. The van der Waals surface area contributed by atoms with E-state index in [4.69, 9.17) is 28.4 Å². The molecule has 1 aliphatic rings. The first-order chi connectivity index (χ1) is 20.6. The molecule has 0 aromatic carbocycles. The Morgan fingerprint density at radius 1 is 0.651 bits per heavy atom. The van der Waals surface area contributed by atoms with Crippen LogP contribution in [0.15, 0.2) is 0 Å². The average Bonchev–Trinajstić information content (AvgIpc) is 2.95. The molecule has 4 N–H and O–H groups in total. The quantitative estimate of drug-likeness (QED) is 0.145. The number of aliphatic hydroxyl groups is 1. The second kappa shape index (κ2) is 22.9. The minimum Gasteiger partial charge on any atom is -0.465 e. The van der Waals surface area contributed by atoms with Crippen molar-refractivity contribution in [1.29, 1.82) is 0 Å². The summed E-state index contributed by atoms with van der Waals surface area (Å²) in [7, 11) is 3.13. The molecule has 0 saturated carbocycles. The normalized spacial score (nSPS) is 19.0. The molecule has 0 radical (unpaired) electrons. The highest BCUT2D eigenvalue weighted by molar-refractivity contribution is 5.67. The predicted octanol–water partition coefficient (Wildman–Crippen LogP) is -0.281. The van der Waals surface area contributed by atoms with Gasteiger partial charge in [-0.2, -0.15) is 0 Å². The van der Waals surface area contributed by atoms with Crippen LogP contribution in [-0.4, -0.2) is 203 Å². The van der Waals surface area contributed by atoms with E-state index >= 15 is 0 Å². The number of rotatable bonds is 18. The average molecular weight is 627 g/mol. The molecule has 17 heteroatoms. The third kappa shape index (κ3) is 16.2. The SMILES string of the molecule is COCCOCCOCC(O)C(COCCOCCOC)N1CCN(C(=O)O)CCN(C(=O)O)CC(C)N(C(=O)O)CC1. The third-order valence-corrected chi connectivity index (χ3v) is 6.83. The monoisotopic (exact) mass is 626 g/mol. The number of amides is 3. The van der Waals surface area contributed by atoms with E-state index in [0.717, 1.165) is 14.7 Å². The Balaban J connectivity index is 3.07. The first kappa shape index (κ1) is 38.5. The van der Waals surface area contributed by atoms with Gasteiger partial charge in [0.2, 0.25) is 0 Å². The summed E-state index contributed by atoms with van der Waals surface area (Å²) in [5.41, 5.74) is 0. The Morgan fingerprint density at radius 3 is 1.65 bits per heavy atom. The first-order valence-electron chi connectivity index (χ1n) is 14.3. The molecule has 1 heterocycles. The number of hydrogen-bond donors (Lipinski definition) is 4. The van der Waals surface area contributed by atoms with Crippen LogP contribution in [0.5, 0.6) is 0 Å². The lowest BCUT2D eigenvalue weighted by atomic mass is 10.1. The van der Waals surface area contributed by atoms with Crippen LogP contribution >= 0.6 is 0 Å². The molecule has 43 heavy (non-hydrogen) atoms. The number of aliphatic hydroxyl groups excluding tert-OH is 1. The Kier molecular flexibility index (Phi) is 20.6. The summed E-state index contributed by atoms with van der Waals surface area (Å²) in [4.78, 5) is 40.9. The van der Waals surface area contributed by atoms with E-state index in [0.29, 0.717) is 39.6 Å². The Bertz CT molecular complexity index is 781. The van der Waals surface area contributed by atoms with Crippen molar-refractivity contribution >= 4 is 18.3 Å². The number of hydrogen-bond acceptors (Lipinski definition) is 11. The fourth-order valence-corrected chi connectivity index (χ4v) is 4.36. The van der Waals surface area contributed by atoms with E-state index in [1.165, 1.54) is 0 Å². The maximum atomic E-state index is 12.1. The summed E-state index contributed by atoms with van der Waals surface area (Å²) in [5.74, 6) is 0. The zero-order chi connectivity index (χ0) is 32.0. The van der Waals surface area contributed by atoms with Crippen LogP contribution in [0.3, 0.4) is 0 Å². The minimum atomic E-state index is -1.27. The summed E-state index contributed by atoms with van der Waals surface area (Å²) < 4.78 is 32.1. The van der Waals surface area contributed by atoms with Crippen LogP contribution in [0.2, 0.25) is 0 Å². The largest absolute Gasteiger partial charge is 0.465 e. The maximum absolute atomic E-state index is 12.1. The van der Waals surface area contributed by atoms with Crippen molar-refractivity contribution in [2.45, 2.75) is 25.1 Å². The zero-order valence-electron chi connectivity index (χ0n) is 25.5. The Labute approximate surface area is 252 Å². The van der Waals surface area contributed by atoms with Gasteiger partial charge in [0.05, 0.1) is 78.2 Å². The minimum absolute atomic E-state index is 0.0109. The van der Waals surface area contributed by atoms with Crippen LogP contribution in [0, 0.1) is 0 Å². The highest BCUT2D eigenvalue weighted by Gasteiger charge is 2.31. The van der Waals surface area contributed by atoms with Crippen molar-refractivity contribution in [1.82, 2.24) is 19.6 Å². The van der Waals surface area contributed by atoms with Gasteiger partial charge in [0.25, 0.3) is 0 Å². The summed E-state index contributed by atoms with van der Waals surface area (Å²) in [5, 5.41) is 40.4. The van der Waals surface area contributed by atoms with E-state index in [-0.39, 0.29) is 72.2 Å². The molecule has 1 aliphatic heterocycles. The molecule has 3 atom stereocenters. The van der Waals surface area contributed by atoms with Gasteiger partial charge >= 0.3 is 18.3 Å². The number of ether oxygens (including phenoxy) is 6. The molecule has 0 spiro atoms. The van der Waals surface area contributed by atoms with E-state index < -0.39 is 36.5 Å². The number of nitrogens with zero attached hydrogens (tertiary/aromatic N) is 4. The molecular weight excluding hydrogens is 576 g/mol. The van der Waals surface area contributed by atoms with Gasteiger partial charge in [-0.25, -0.2) is 14.4 Å². The second-order valence-corrected chi connectivity index (χ2v) is 9.85. The van der Waals surface area contributed by atoms with Gasteiger partial charge in [-0.3, -0.25) is 4.90 Å². The first-order valence-corrected chi connectivity index (χ1v) is 14.3. The lowest BCUT2D eigenvalue weighted by Gasteiger charge is -2.39. The standard InChI is InChI=1S/C26H50N4O13/c1-21-18-29(25(34)35)7-6-28(24(32)33)5-4-27(8-9-30(21)26(36)37)22(19-42-16-14-40-12-10-38-2)23(31)20-43-17-15-41-13-11-39-3/h21-23,31H,4-20H2,1-3H3,(H,32,33)(H,34,35)(H,36,37). The van der Waals surface area contributed by atoms with Crippen molar-refractivity contribution in [3.8, 4) is 0 Å². The third-order valence-electron chi connectivity index (χ3n) is 6.83. The molecule has 1 fully saturated rings. The van der Waals surface area contributed by atoms with Gasteiger partial charge < -0.3 is 63.5 Å². The van der Waals surface area contributed by atoms with Crippen LogP contribution in [0.1, 0.15) is 6.92 Å². The molecule has 1 rings (SSSR count). The van der Waals surface area contributed by atoms with E-state index in [1.807, 2.05) is 0 Å². The molecule has 1 saturated heterocycles. The highest BCUT2D eigenvalue weighted by atomic mass is 16.5. The molecule has 0 aliphatic carbocycles. The van der Waals surface area contributed by atoms with Crippen molar-refractivity contribution < 1.29 is 63.2 Å². The van der Waals surface area contributed by atoms with Gasteiger partial charge in [0, 0.05) is 66.1 Å². The van der Waals surface area contributed by atoms with Crippen LogP contribution in [-0.2, 0) is 28.4 Å². The topological polar surface area (TPSA) is 200 Å². The fourth-order valence-electron chi connectivity index (χ4n) is 4.36. The van der Waals surface area contributed by atoms with E-state index in [1.54, 1.807) is 26.0 Å². The molecule has 0 bridgehead atoms. The molecule has 0 aromatic heterocycles. The lowest BCUT2D eigenvalue weighted by Crippen LogP contribution is -2.56. The molecule has 17 nitrogen and oxygen atoms in total. The summed E-state index contributed by atoms with van der Waals surface area (Å²) in [6.07, 6.45) is -4.78. The van der Waals surface area contributed by atoms with Crippen molar-refractivity contribution in [2.75, 3.05) is 126 Å². The van der Waals surface area contributed by atoms with Crippen LogP contribution in [0.4, 0.5) is 14.4 Å². The zero-order valence-corrected chi connectivity index (χ0v) is 25.5. The van der Waals surface area contributed by atoms with Gasteiger partial charge in [-0.1, -0.05) is 0 Å².